The van der Waals surface area contributed by atoms with Gasteiger partial charge in [-0.25, -0.2) is 0 Å². The molecule has 0 saturated carbocycles. The van der Waals surface area contributed by atoms with E-state index in [1.807, 2.05) is 36.4 Å². The molecule has 1 saturated heterocycles. The van der Waals surface area contributed by atoms with Crippen LogP contribution in [0.4, 0.5) is 0 Å². The summed E-state index contributed by atoms with van der Waals surface area (Å²) in [6.07, 6.45) is 2.24. The zero-order valence-corrected chi connectivity index (χ0v) is 16.9. The Hall–Kier alpha value is -2.84. The largest absolute Gasteiger partial charge is 0.490 e. The Balaban J connectivity index is 1.42. The highest BCUT2D eigenvalue weighted by Gasteiger charge is 2.16. The van der Waals surface area contributed by atoms with Crippen LogP contribution in [0, 0.1) is 0 Å². The van der Waals surface area contributed by atoms with E-state index in [0.29, 0.717) is 36.2 Å². The molecular formula is C21H25N3O4S. The molecule has 1 atom stereocenters. The van der Waals surface area contributed by atoms with Crippen LogP contribution in [0.25, 0.3) is 0 Å². The molecule has 1 aliphatic rings. The van der Waals surface area contributed by atoms with E-state index >= 15 is 0 Å². The molecule has 1 amide bonds. The van der Waals surface area contributed by atoms with Gasteiger partial charge in [0.25, 0.3) is 5.91 Å². The minimum atomic E-state index is -0.342. The summed E-state index contributed by atoms with van der Waals surface area (Å²) < 4.78 is 16.9. The third-order valence-electron chi connectivity index (χ3n) is 4.29. The normalized spacial score (nSPS) is 15.4. The number of hydrazine groups is 1. The Morgan fingerprint density at radius 2 is 1.79 bits per heavy atom. The molecule has 7 nitrogen and oxygen atoms in total. The Bertz CT molecular complexity index is 798. The van der Waals surface area contributed by atoms with Crippen molar-refractivity contribution in [3.63, 3.8) is 0 Å². The lowest BCUT2D eigenvalue weighted by Gasteiger charge is -2.15. The van der Waals surface area contributed by atoms with Gasteiger partial charge in [0.05, 0.1) is 11.7 Å². The van der Waals surface area contributed by atoms with E-state index in [0.717, 1.165) is 25.2 Å². The number of amides is 1. The maximum absolute atomic E-state index is 12.5. The van der Waals surface area contributed by atoms with E-state index < -0.39 is 0 Å². The predicted molar refractivity (Wildman–Crippen MR) is 114 cm³/mol. The Kier molecular flexibility index (Phi) is 8.09. The van der Waals surface area contributed by atoms with Gasteiger partial charge in [0.15, 0.2) is 5.11 Å². The topological polar surface area (TPSA) is 80.9 Å². The fourth-order valence-electron chi connectivity index (χ4n) is 2.84. The minimum absolute atomic E-state index is 0.165. The summed E-state index contributed by atoms with van der Waals surface area (Å²) >= 11 is 5.18. The lowest BCUT2D eigenvalue weighted by molar-refractivity contribution is 0.0938. The molecule has 29 heavy (non-hydrogen) atoms. The van der Waals surface area contributed by atoms with Crippen LogP contribution in [0.2, 0.25) is 0 Å². The summed E-state index contributed by atoms with van der Waals surface area (Å²) in [5.74, 6) is 0.905. The first-order valence-electron chi connectivity index (χ1n) is 9.58. The van der Waals surface area contributed by atoms with Gasteiger partial charge in [-0.2, -0.15) is 0 Å². The monoisotopic (exact) mass is 415 g/mol. The van der Waals surface area contributed by atoms with E-state index in [-0.39, 0.29) is 12.0 Å². The van der Waals surface area contributed by atoms with E-state index in [2.05, 4.69) is 16.2 Å². The highest BCUT2D eigenvalue weighted by molar-refractivity contribution is 7.80. The van der Waals surface area contributed by atoms with Crippen LogP contribution >= 0.6 is 12.2 Å². The Labute approximate surface area is 175 Å². The van der Waals surface area contributed by atoms with Gasteiger partial charge in [-0.15, -0.1) is 0 Å². The van der Waals surface area contributed by atoms with Gasteiger partial charge in [0.2, 0.25) is 0 Å². The molecule has 2 aromatic carbocycles. The average molecular weight is 416 g/mol. The highest BCUT2D eigenvalue weighted by atomic mass is 32.1. The van der Waals surface area contributed by atoms with Crippen LogP contribution in [-0.2, 0) is 4.74 Å². The van der Waals surface area contributed by atoms with Crippen molar-refractivity contribution in [1.29, 1.82) is 0 Å². The van der Waals surface area contributed by atoms with Crippen molar-refractivity contribution in [2.75, 3.05) is 26.4 Å². The first kappa shape index (κ1) is 20.9. The summed E-state index contributed by atoms with van der Waals surface area (Å²) in [6.45, 7) is 2.09. The van der Waals surface area contributed by atoms with Gasteiger partial charge in [-0.3, -0.25) is 15.6 Å². The molecule has 8 heteroatoms. The molecular weight excluding hydrogens is 390 g/mol. The lowest BCUT2D eigenvalue weighted by atomic mass is 10.2. The fraction of sp³-hybridized carbons (Fsp3) is 0.333. The Morgan fingerprint density at radius 3 is 2.59 bits per heavy atom. The van der Waals surface area contributed by atoms with Crippen LogP contribution in [-0.4, -0.2) is 43.5 Å². The van der Waals surface area contributed by atoms with Gasteiger partial charge in [-0.1, -0.05) is 30.3 Å². The van der Waals surface area contributed by atoms with Crippen LogP contribution in [0.15, 0.2) is 54.6 Å². The number of rotatable bonds is 8. The molecule has 1 fully saturated rings. The smallest absolute Gasteiger partial charge is 0.273 e. The molecule has 1 heterocycles. The van der Waals surface area contributed by atoms with Crippen LogP contribution in [0.1, 0.15) is 23.2 Å². The maximum atomic E-state index is 12.5. The number of para-hydroxylation sites is 2. The third kappa shape index (κ3) is 6.92. The zero-order valence-electron chi connectivity index (χ0n) is 16.1. The lowest BCUT2D eigenvalue weighted by Crippen LogP contribution is -2.48. The van der Waals surface area contributed by atoms with Crippen molar-refractivity contribution in [3.8, 4) is 11.5 Å². The first-order chi connectivity index (χ1) is 14.2. The molecule has 3 rings (SSSR count). The number of ether oxygens (including phenoxy) is 3. The molecule has 0 radical (unpaired) electrons. The first-order valence-corrected chi connectivity index (χ1v) is 9.98. The molecule has 0 bridgehead atoms. The number of hydrogen-bond donors (Lipinski definition) is 3. The molecule has 154 valence electrons. The average Bonchev–Trinajstić information content (AvgIpc) is 3.28. The maximum Gasteiger partial charge on any atom is 0.273 e. The van der Waals surface area contributed by atoms with Gasteiger partial charge < -0.3 is 19.5 Å². The number of benzene rings is 2. The summed E-state index contributed by atoms with van der Waals surface area (Å²) in [7, 11) is 0. The second-order valence-corrected chi connectivity index (χ2v) is 6.84. The van der Waals surface area contributed by atoms with E-state index in [1.54, 1.807) is 18.2 Å². The van der Waals surface area contributed by atoms with E-state index in [1.165, 1.54) is 0 Å². The van der Waals surface area contributed by atoms with Crippen LogP contribution < -0.4 is 25.6 Å². The number of hydrogen-bond acceptors (Lipinski definition) is 5. The summed E-state index contributed by atoms with van der Waals surface area (Å²) in [5.41, 5.74) is 5.70. The third-order valence-corrected chi connectivity index (χ3v) is 4.53. The standard InChI is InChI=1S/C21H25N3O4S/c25-20(23-24-21(29)22-15-17-9-6-12-26-17)18-10-4-5-11-19(18)28-14-13-27-16-7-2-1-3-8-16/h1-5,7-8,10-11,17H,6,9,12-15H2,(H,23,25)(H2,22,24,29)/t17-/m1/s1. The second kappa shape index (κ2) is 11.2. The molecule has 0 spiro atoms. The predicted octanol–water partition coefficient (Wildman–Crippen LogP) is 2.43. The van der Waals surface area contributed by atoms with Crippen molar-refractivity contribution in [3.05, 3.63) is 60.2 Å². The number of carbonyl (C=O) groups is 1. The minimum Gasteiger partial charge on any atom is -0.490 e. The fourth-order valence-corrected chi connectivity index (χ4v) is 2.98. The summed E-state index contributed by atoms with van der Waals surface area (Å²) in [4.78, 5) is 12.5. The second-order valence-electron chi connectivity index (χ2n) is 6.43. The zero-order chi connectivity index (χ0) is 20.3. The number of nitrogens with one attached hydrogen (secondary N) is 3. The highest BCUT2D eigenvalue weighted by Crippen LogP contribution is 2.18. The van der Waals surface area contributed by atoms with Crippen LogP contribution in [0.5, 0.6) is 11.5 Å². The van der Waals surface area contributed by atoms with Crippen molar-refractivity contribution < 1.29 is 19.0 Å². The molecule has 1 aliphatic heterocycles. The van der Waals surface area contributed by atoms with Crippen molar-refractivity contribution in [1.82, 2.24) is 16.2 Å². The van der Waals surface area contributed by atoms with Gasteiger partial charge in [0.1, 0.15) is 24.7 Å². The molecule has 0 aromatic heterocycles. The van der Waals surface area contributed by atoms with Gasteiger partial charge in [0, 0.05) is 13.2 Å². The molecule has 0 aliphatic carbocycles. The SMILES string of the molecule is O=C(NNC(=S)NC[C@H]1CCCO1)c1ccccc1OCCOc1ccccc1. The molecule has 2 aromatic rings. The summed E-state index contributed by atoms with van der Waals surface area (Å²) in [6, 6.07) is 16.5. The van der Waals surface area contributed by atoms with Crippen LogP contribution in [0.3, 0.4) is 0 Å². The number of thiocarbonyl (C=S) groups is 1. The van der Waals surface area contributed by atoms with Gasteiger partial charge >= 0.3 is 0 Å². The Morgan fingerprint density at radius 1 is 1.03 bits per heavy atom. The molecule has 0 unspecified atom stereocenters. The van der Waals surface area contributed by atoms with E-state index in [4.69, 9.17) is 26.4 Å². The van der Waals surface area contributed by atoms with Crippen molar-refractivity contribution in [2.24, 2.45) is 0 Å². The van der Waals surface area contributed by atoms with Crippen molar-refractivity contribution >= 4 is 23.2 Å². The van der Waals surface area contributed by atoms with E-state index in [9.17, 15) is 4.79 Å². The van der Waals surface area contributed by atoms with Gasteiger partial charge in [-0.05, 0) is 49.3 Å². The quantitative estimate of drug-likeness (QED) is 0.347. The molecule has 3 N–H and O–H groups in total. The number of carbonyl (C=O) groups excluding carboxylic acids is 1. The summed E-state index contributed by atoms with van der Waals surface area (Å²) in [5, 5.41) is 3.37. The van der Waals surface area contributed by atoms with Crippen molar-refractivity contribution in [2.45, 2.75) is 18.9 Å².